The van der Waals surface area contributed by atoms with Gasteiger partial charge in [0.2, 0.25) is 0 Å². The summed E-state index contributed by atoms with van der Waals surface area (Å²) in [6, 6.07) is 6.42. The highest BCUT2D eigenvalue weighted by atomic mass is 32.1. The number of hydrogen-bond acceptors (Lipinski definition) is 4. The zero-order chi connectivity index (χ0) is 13.3. The maximum atomic E-state index is 6.03. The van der Waals surface area contributed by atoms with Crippen molar-refractivity contribution in [3.63, 3.8) is 0 Å². The van der Waals surface area contributed by atoms with E-state index in [2.05, 4.69) is 42.3 Å². The van der Waals surface area contributed by atoms with Crippen LogP contribution in [0.15, 0.2) is 18.2 Å². The molecule has 0 aliphatic heterocycles. The third kappa shape index (κ3) is 2.40. The van der Waals surface area contributed by atoms with Crippen molar-refractivity contribution in [3.8, 4) is 11.3 Å². The summed E-state index contributed by atoms with van der Waals surface area (Å²) in [5.41, 5.74) is 10.8. The van der Waals surface area contributed by atoms with Crippen molar-refractivity contribution in [3.05, 3.63) is 34.2 Å². The molecule has 96 valence electrons. The molecule has 3 N–H and O–H groups in total. The third-order valence-corrected chi connectivity index (χ3v) is 4.33. The first-order valence-corrected chi connectivity index (χ1v) is 6.86. The minimum absolute atomic E-state index is 0.00112. The van der Waals surface area contributed by atoms with Crippen LogP contribution in [-0.4, -0.2) is 12.0 Å². The highest BCUT2D eigenvalue weighted by Gasteiger charge is 2.15. The van der Waals surface area contributed by atoms with Gasteiger partial charge in [-0.3, -0.25) is 0 Å². The summed E-state index contributed by atoms with van der Waals surface area (Å²) in [7, 11) is 1.88. The van der Waals surface area contributed by atoms with Crippen LogP contribution in [0.4, 0.5) is 5.13 Å². The van der Waals surface area contributed by atoms with Crippen LogP contribution >= 0.6 is 11.3 Å². The van der Waals surface area contributed by atoms with Gasteiger partial charge in [0, 0.05) is 18.7 Å². The van der Waals surface area contributed by atoms with Crippen molar-refractivity contribution in [1.82, 2.24) is 4.98 Å². The fraction of sp³-hybridized carbons (Fsp3) is 0.357. The Morgan fingerprint density at radius 1 is 1.28 bits per heavy atom. The fourth-order valence-corrected chi connectivity index (χ4v) is 2.74. The molecule has 0 aliphatic carbocycles. The number of thiazole rings is 1. The number of aromatic nitrogens is 1. The first kappa shape index (κ1) is 13.1. The Morgan fingerprint density at radius 2 is 2.00 bits per heavy atom. The average molecular weight is 261 g/mol. The Balaban J connectivity index is 2.54. The molecule has 4 heteroatoms. The molecule has 2 rings (SSSR count). The number of nitrogens with one attached hydrogen (secondary N) is 1. The minimum atomic E-state index is 0.00112. The molecule has 18 heavy (non-hydrogen) atoms. The van der Waals surface area contributed by atoms with Gasteiger partial charge in [-0.2, -0.15) is 0 Å². The summed E-state index contributed by atoms with van der Waals surface area (Å²) < 4.78 is 0. The van der Waals surface area contributed by atoms with Crippen LogP contribution in [0.2, 0.25) is 0 Å². The van der Waals surface area contributed by atoms with E-state index in [-0.39, 0.29) is 6.04 Å². The van der Waals surface area contributed by atoms with Gasteiger partial charge in [0.25, 0.3) is 0 Å². The Kier molecular flexibility index (Phi) is 3.68. The summed E-state index contributed by atoms with van der Waals surface area (Å²) in [6.45, 7) is 6.24. The Hall–Kier alpha value is -1.39. The SMILES string of the molecule is CNc1nc(-c2ccc(C)c(C)c2)c(C(C)N)s1. The van der Waals surface area contributed by atoms with Crippen molar-refractivity contribution < 1.29 is 0 Å². The lowest BCUT2D eigenvalue weighted by molar-refractivity contribution is 0.837. The van der Waals surface area contributed by atoms with Crippen LogP contribution in [0.25, 0.3) is 11.3 Å². The normalized spacial score (nSPS) is 12.5. The molecular weight excluding hydrogens is 242 g/mol. The number of nitrogens with two attached hydrogens (primary N) is 1. The van der Waals surface area contributed by atoms with Gasteiger partial charge in [0.15, 0.2) is 5.13 Å². The molecule has 2 aromatic rings. The monoisotopic (exact) mass is 261 g/mol. The van der Waals surface area contributed by atoms with Crippen LogP contribution < -0.4 is 11.1 Å². The van der Waals surface area contributed by atoms with Crippen LogP contribution in [0.1, 0.15) is 29.0 Å². The number of rotatable bonds is 3. The summed E-state index contributed by atoms with van der Waals surface area (Å²) >= 11 is 1.63. The van der Waals surface area contributed by atoms with Crippen LogP contribution in [0.5, 0.6) is 0 Å². The summed E-state index contributed by atoms with van der Waals surface area (Å²) in [6.07, 6.45) is 0. The van der Waals surface area contributed by atoms with E-state index in [0.29, 0.717) is 0 Å². The van der Waals surface area contributed by atoms with Crippen molar-refractivity contribution in [1.29, 1.82) is 0 Å². The second-order valence-corrected chi connectivity index (χ2v) is 5.60. The molecule has 0 saturated heterocycles. The number of aryl methyl sites for hydroxylation is 2. The second kappa shape index (κ2) is 5.08. The van der Waals surface area contributed by atoms with Crippen LogP contribution in [0, 0.1) is 13.8 Å². The summed E-state index contributed by atoms with van der Waals surface area (Å²) in [4.78, 5) is 5.75. The topological polar surface area (TPSA) is 50.9 Å². The zero-order valence-electron chi connectivity index (χ0n) is 11.2. The molecule has 0 aliphatic rings. The maximum Gasteiger partial charge on any atom is 0.183 e. The van der Waals surface area contributed by atoms with Gasteiger partial charge in [-0.1, -0.05) is 23.5 Å². The number of benzene rings is 1. The molecule has 0 bridgehead atoms. The van der Waals surface area contributed by atoms with Gasteiger partial charge in [-0.15, -0.1) is 0 Å². The Morgan fingerprint density at radius 3 is 2.56 bits per heavy atom. The third-order valence-electron chi connectivity index (χ3n) is 3.06. The van der Waals surface area contributed by atoms with Crippen molar-refractivity contribution in [2.24, 2.45) is 5.73 Å². The van der Waals surface area contributed by atoms with Crippen molar-refractivity contribution >= 4 is 16.5 Å². The Labute approximate surface area is 112 Å². The lowest BCUT2D eigenvalue weighted by Gasteiger charge is -2.07. The lowest BCUT2D eigenvalue weighted by Crippen LogP contribution is -2.04. The fourth-order valence-electron chi connectivity index (χ4n) is 1.84. The summed E-state index contributed by atoms with van der Waals surface area (Å²) in [5.74, 6) is 0. The standard InChI is InChI=1S/C14H19N3S/c1-8-5-6-11(7-9(8)2)12-13(10(3)15)18-14(16-4)17-12/h5-7,10H,15H2,1-4H3,(H,16,17). The van der Waals surface area contributed by atoms with Gasteiger partial charge < -0.3 is 11.1 Å². The van der Waals surface area contributed by atoms with E-state index < -0.39 is 0 Å². The quantitative estimate of drug-likeness (QED) is 0.889. The van der Waals surface area contributed by atoms with E-state index >= 15 is 0 Å². The minimum Gasteiger partial charge on any atom is -0.365 e. The molecule has 0 fully saturated rings. The molecule has 3 nitrogen and oxygen atoms in total. The van der Waals surface area contributed by atoms with Gasteiger partial charge in [-0.25, -0.2) is 4.98 Å². The second-order valence-electron chi connectivity index (χ2n) is 4.57. The molecule has 1 aromatic carbocycles. The smallest absolute Gasteiger partial charge is 0.183 e. The number of anilines is 1. The number of hydrogen-bond donors (Lipinski definition) is 2. The van der Waals surface area contributed by atoms with E-state index in [9.17, 15) is 0 Å². The molecule has 0 amide bonds. The maximum absolute atomic E-state index is 6.03. The highest BCUT2D eigenvalue weighted by molar-refractivity contribution is 7.16. The van der Waals surface area contributed by atoms with Gasteiger partial charge >= 0.3 is 0 Å². The van der Waals surface area contributed by atoms with Crippen LogP contribution in [0.3, 0.4) is 0 Å². The molecule has 1 heterocycles. The van der Waals surface area contributed by atoms with Gasteiger partial charge in [0.05, 0.1) is 10.6 Å². The summed E-state index contributed by atoms with van der Waals surface area (Å²) in [5, 5.41) is 4.00. The van der Waals surface area contributed by atoms with E-state index in [1.807, 2.05) is 14.0 Å². The molecule has 1 atom stereocenters. The van der Waals surface area contributed by atoms with E-state index in [0.717, 1.165) is 21.3 Å². The van der Waals surface area contributed by atoms with E-state index in [4.69, 9.17) is 5.73 Å². The zero-order valence-corrected chi connectivity index (χ0v) is 12.1. The van der Waals surface area contributed by atoms with Crippen molar-refractivity contribution in [2.75, 3.05) is 12.4 Å². The molecule has 0 radical (unpaired) electrons. The number of nitrogens with zero attached hydrogens (tertiary/aromatic N) is 1. The molecular formula is C14H19N3S. The van der Waals surface area contributed by atoms with Crippen LogP contribution in [-0.2, 0) is 0 Å². The predicted molar refractivity (Wildman–Crippen MR) is 79.2 cm³/mol. The molecule has 1 unspecified atom stereocenters. The first-order valence-electron chi connectivity index (χ1n) is 6.04. The molecule has 0 spiro atoms. The highest BCUT2D eigenvalue weighted by Crippen LogP contribution is 2.34. The first-order chi connectivity index (χ1) is 8.52. The van der Waals surface area contributed by atoms with Gasteiger partial charge in [0.1, 0.15) is 0 Å². The molecule has 1 aromatic heterocycles. The van der Waals surface area contributed by atoms with Crippen molar-refractivity contribution in [2.45, 2.75) is 26.8 Å². The average Bonchev–Trinajstić information content (AvgIpc) is 2.77. The van der Waals surface area contributed by atoms with E-state index in [1.165, 1.54) is 11.1 Å². The largest absolute Gasteiger partial charge is 0.365 e. The lowest BCUT2D eigenvalue weighted by atomic mass is 10.0. The predicted octanol–water partition coefficient (Wildman–Crippen LogP) is 3.49. The Bertz CT molecular complexity index is 558. The molecule has 0 saturated carbocycles. The van der Waals surface area contributed by atoms with Gasteiger partial charge in [-0.05, 0) is 38.0 Å². The van der Waals surface area contributed by atoms with E-state index in [1.54, 1.807) is 11.3 Å².